The Hall–Kier alpha value is -3.86. The van der Waals surface area contributed by atoms with Crippen LogP contribution in [0.5, 0.6) is 5.75 Å². The molecule has 1 aromatic heterocycles. The number of hydrogen-bond acceptors (Lipinski definition) is 6. The molecule has 1 heterocycles. The number of carbonyl (C=O) groups excluding carboxylic acids is 2. The fourth-order valence-electron chi connectivity index (χ4n) is 3.45. The molecule has 0 radical (unpaired) electrons. The van der Waals surface area contributed by atoms with E-state index in [4.69, 9.17) is 15.2 Å². The lowest BCUT2D eigenvalue weighted by molar-refractivity contribution is -0.123. The number of rotatable bonds is 10. The molecule has 0 unspecified atom stereocenters. The van der Waals surface area contributed by atoms with Gasteiger partial charge in [0.25, 0.3) is 15.9 Å². The molecule has 35 heavy (non-hydrogen) atoms. The number of aromatic nitrogens is 1. The van der Waals surface area contributed by atoms with Crippen molar-refractivity contribution < 1.29 is 31.9 Å². The summed E-state index contributed by atoms with van der Waals surface area (Å²) in [6.45, 7) is -0.309. The van der Waals surface area contributed by atoms with Gasteiger partial charge >= 0.3 is 6.09 Å². The predicted molar refractivity (Wildman–Crippen MR) is 125 cm³/mol. The van der Waals surface area contributed by atoms with E-state index >= 15 is 0 Å². The number of benzene rings is 2. The second-order valence-electron chi connectivity index (χ2n) is 8.04. The number of nitrogens with zero attached hydrogens (tertiary/aromatic N) is 1. The van der Waals surface area contributed by atoms with Crippen molar-refractivity contribution in [3.63, 3.8) is 0 Å². The Bertz CT molecular complexity index is 1350. The Morgan fingerprint density at radius 2 is 1.89 bits per heavy atom. The third kappa shape index (κ3) is 5.99. The van der Waals surface area contributed by atoms with Gasteiger partial charge in [-0.25, -0.2) is 21.6 Å². The number of nitrogens with two attached hydrogens (primary N) is 1. The molecule has 0 aliphatic heterocycles. The fourth-order valence-corrected chi connectivity index (χ4v) is 4.88. The molecule has 0 saturated heterocycles. The summed E-state index contributed by atoms with van der Waals surface area (Å²) in [5.74, 6) is -0.678. The SMILES string of the molecule is NC(=O)OCCc1cc(-c2ccccc2F)n(S(=O)(=O)c2cccc(OCC(=O)NC3CC3)c2)c1. The summed E-state index contributed by atoms with van der Waals surface area (Å²) in [5, 5.41) is 2.79. The van der Waals surface area contributed by atoms with Crippen molar-refractivity contribution in [2.24, 2.45) is 5.73 Å². The van der Waals surface area contributed by atoms with Gasteiger partial charge in [0.1, 0.15) is 11.6 Å². The second kappa shape index (κ2) is 10.2. The van der Waals surface area contributed by atoms with E-state index in [0.29, 0.717) is 5.56 Å². The molecular weight excluding hydrogens is 477 g/mol. The molecule has 0 bridgehead atoms. The van der Waals surface area contributed by atoms with E-state index in [1.807, 2.05) is 0 Å². The molecule has 0 atom stereocenters. The van der Waals surface area contributed by atoms with E-state index in [1.54, 1.807) is 12.1 Å². The van der Waals surface area contributed by atoms with Gasteiger partial charge in [0.15, 0.2) is 6.61 Å². The van der Waals surface area contributed by atoms with Crippen LogP contribution >= 0.6 is 0 Å². The minimum Gasteiger partial charge on any atom is -0.484 e. The highest BCUT2D eigenvalue weighted by atomic mass is 32.2. The largest absolute Gasteiger partial charge is 0.484 e. The van der Waals surface area contributed by atoms with E-state index in [0.717, 1.165) is 16.8 Å². The van der Waals surface area contributed by atoms with Gasteiger partial charge in [-0.1, -0.05) is 18.2 Å². The molecule has 184 valence electrons. The number of halogens is 1. The summed E-state index contributed by atoms with van der Waals surface area (Å²) in [5.41, 5.74) is 5.67. The zero-order valence-electron chi connectivity index (χ0n) is 18.6. The van der Waals surface area contributed by atoms with Gasteiger partial charge in [-0.2, -0.15) is 0 Å². The monoisotopic (exact) mass is 501 g/mol. The molecule has 2 amide bonds. The molecule has 1 fully saturated rings. The van der Waals surface area contributed by atoms with Crippen LogP contribution in [0, 0.1) is 5.82 Å². The van der Waals surface area contributed by atoms with Crippen LogP contribution in [0.4, 0.5) is 9.18 Å². The quantitative estimate of drug-likeness (QED) is 0.439. The highest BCUT2D eigenvalue weighted by molar-refractivity contribution is 7.90. The molecule has 9 nitrogen and oxygen atoms in total. The first-order valence-electron chi connectivity index (χ1n) is 10.9. The lowest BCUT2D eigenvalue weighted by Gasteiger charge is -2.13. The maximum absolute atomic E-state index is 14.6. The zero-order chi connectivity index (χ0) is 25.0. The van der Waals surface area contributed by atoms with Crippen LogP contribution in [-0.4, -0.2) is 43.6 Å². The minimum atomic E-state index is -4.19. The summed E-state index contributed by atoms with van der Waals surface area (Å²) < 4.78 is 52.9. The molecule has 11 heteroatoms. The lowest BCUT2D eigenvalue weighted by atomic mass is 10.1. The zero-order valence-corrected chi connectivity index (χ0v) is 19.5. The summed E-state index contributed by atoms with van der Waals surface area (Å²) in [4.78, 5) is 22.7. The normalized spacial score (nSPS) is 13.3. The van der Waals surface area contributed by atoms with Gasteiger partial charge in [-0.15, -0.1) is 0 Å². The number of carbonyl (C=O) groups is 2. The summed E-state index contributed by atoms with van der Waals surface area (Å²) in [6.07, 6.45) is 2.45. The Morgan fingerprint density at radius 1 is 1.11 bits per heavy atom. The topological polar surface area (TPSA) is 130 Å². The fraction of sp³-hybridized carbons (Fsp3) is 0.250. The average Bonchev–Trinajstić information content (AvgIpc) is 3.53. The van der Waals surface area contributed by atoms with Gasteiger partial charge in [0.05, 0.1) is 17.2 Å². The first kappa shape index (κ1) is 24.3. The first-order valence-corrected chi connectivity index (χ1v) is 12.3. The van der Waals surface area contributed by atoms with Crippen molar-refractivity contribution in [3.05, 3.63) is 72.2 Å². The van der Waals surface area contributed by atoms with Crippen molar-refractivity contribution in [1.29, 1.82) is 0 Å². The van der Waals surface area contributed by atoms with Crippen LogP contribution < -0.4 is 15.8 Å². The summed E-state index contributed by atoms with van der Waals surface area (Å²) in [7, 11) is -4.19. The van der Waals surface area contributed by atoms with Crippen molar-refractivity contribution in [2.45, 2.75) is 30.2 Å². The van der Waals surface area contributed by atoms with Crippen molar-refractivity contribution in [1.82, 2.24) is 9.29 Å². The second-order valence-corrected chi connectivity index (χ2v) is 9.85. The Morgan fingerprint density at radius 3 is 2.60 bits per heavy atom. The molecule has 4 rings (SSSR count). The molecule has 3 aromatic rings. The number of ether oxygens (including phenoxy) is 2. The van der Waals surface area contributed by atoms with Gasteiger partial charge in [0.2, 0.25) is 0 Å². The van der Waals surface area contributed by atoms with Gasteiger partial charge in [0, 0.05) is 30.3 Å². The van der Waals surface area contributed by atoms with Crippen molar-refractivity contribution in [3.8, 4) is 17.0 Å². The molecular formula is C24H24FN3O6S. The Kier molecular flexibility index (Phi) is 7.06. The van der Waals surface area contributed by atoms with Crippen molar-refractivity contribution in [2.75, 3.05) is 13.2 Å². The molecule has 0 spiro atoms. The number of nitrogens with one attached hydrogen (secondary N) is 1. The maximum atomic E-state index is 14.6. The molecule has 3 N–H and O–H groups in total. The molecule has 1 saturated carbocycles. The first-order chi connectivity index (χ1) is 16.7. The van der Waals surface area contributed by atoms with Gasteiger partial charge < -0.3 is 20.5 Å². The average molecular weight is 502 g/mol. The van der Waals surface area contributed by atoms with E-state index in [1.165, 1.54) is 48.7 Å². The molecule has 2 aromatic carbocycles. The minimum absolute atomic E-state index is 0.0671. The number of hydrogen-bond donors (Lipinski definition) is 2. The third-order valence-corrected chi connectivity index (χ3v) is 6.97. The van der Waals surface area contributed by atoms with Crippen LogP contribution in [0.3, 0.4) is 0 Å². The molecule has 1 aliphatic carbocycles. The molecule has 1 aliphatic rings. The maximum Gasteiger partial charge on any atom is 0.404 e. The van der Waals surface area contributed by atoms with E-state index in [2.05, 4.69) is 5.32 Å². The van der Waals surface area contributed by atoms with E-state index in [-0.39, 0.29) is 53.5 Å². The van der Waals surface area contributed by atoms with Crippen LogP contribution in [0.25, 0.3) is 11.3 Å². The number of amides is 2. The van der Waals surface area contributed by atoms with Crippen LogP contribution in [0.15, 0.2) is 65.7 Å². The van der Waals surface area contributed by atoms with Crippen LogP contribution in [-0.2, 0) is 26.0 Å². The Balaban J connectivity index is 1.64. The Labute approximate surface area is 201 Å². The van der Waals surface area contributed by atoms with Crippen LogP contribution in [0.2, 0.25) is 0 Å². The standard InChI is InChI=1S/C24H24FN3O6S/c25-21-7-2-1-6-20(21)22-12-16(10-11-33-24(26)30)14-28(22)35(31,32)19-5-3-4-18(13-19)34-15-23(29)27-17-8-9-17/h1-7,12-14,17H,8-11,15H2,(H2,26,30)(H,27,29). The highest BCUT2D eigenvalue weighted by Crippen LogP contribution is 2.30. The van der Waals surface area contributed by atoms with Crippen molar-refractivity contribution >= 4 is 22.0 Å². The third-order valence-electron chi connectivity index (χ3n) is 5.30. The summed E-state index contributed by atoms with van der Waals surface area (Å²) >= 11 is 0. The van der Waals surface area contributed by atoms with E-state index < -0.39 is 21.9 Å². The van der Waals surface area contributed by atoms with Crippen LogP contribution in [0.1, 0.15) is 18.4 Å². The highest BCUT2D eigenvalue weighted by Gasteiger charge is 2.25. The lowest BCUT2D eigenvalue weighted by Crippen LogP contribution is -2.30. The van der Waals surface area contributed by atoms with Gasteiger partial charge in [-0.3, -0.25) is 4.79 Å². The smallest absolute Gasteiger partial charge is 0.404 e. The van der Waals surface area contributed by atoms with E-state index in [9.17, 15) is 22.4 Å². The number of primary amides is 1. The predicted octanol–water partition coefficient (Wildman–Crippen LogP) is 2.83. The summed E-state index contributed by atoms with van der Waals surface area (Å²) in [6, 6.07) is 13.2. The van der Waals surface area contributed by atoms with Gasteiger partial charge in [-0.05, 0) is 48.7 Å².